The first-order chi connectivity index (χ1) is 11.5. The topological polar surface area (TPSA) is 67.4 Å². The number of benzene rings is 1. The van der Waals surface area contributed by atoms with Crippen LogP contribution in [0, 0.1) is 0 Å². The quantitative estimate of drug-likeness (QED) is 0.757. The SMILES string of the molecule is CC1NCSC1CCOc1ccc(/C=C2\SC(=O)NC2=O)cc1Cl. The number of carbonyl (C=O) groups is 2. The van der Waals surface area contributed by atoms with Gasteiger partial charge in [-0.2, -0.15) is 0 Å². The first-order valence-corrected chi connectivity index (χ1v) is 9.79. The van der Waals surface area contributed by atoms with Crippen molar-refractivity contribution >= 4 is 52.3 Å². The fourth-order valence-electron chi connectivity index (χ4n) is 2.48. The molecule has 5 nitrogen and oxygen atoms in total. The lowest BCUT2D eigenvalue weighted by atomic mass is 10.2. The van der Waals surface area contributed by atoms with Crippen molar-refractivity contribution in [3.05, 3.63) is 33.7 Å². The van der Waals surface area contributed by atoms with Crippen molar-refractivity contribution in [3.63, 3.8) is 0 Å². The van der Waals surface area contributed by atoms with Crippen LogP contribution in [0.3, 0.4) is 0 Å². The smallest absolute Gasteiger partial charge is 0.290 e. The van der Waals surface area contributed by atoms with E-state index in [9.17, 15) is 9.59 Å². The molecule has 2 heterocycles. The lowest BCUT2D eigenvalue weighted by Crippen LogP contribution is -2.27. The Morgan fingerprint density at radius 2 is 2.25 bits per heavy atom. The third kappa shape index (κ3) is 4.27. The molecule has 0 aliphatic carbocycles. The number of ether oxygens (including phenoxy) is 1. The van der Waals surface area contributed by atoms with E-state index in [1.807, 2.05) is 17.8 Å². The van der Waals surface area contributed by atoms with Crippen molar-refractivity contribution in [3.8, 4) is 5.75 Å². The van der Waals surface area contributed by atoms with E-state index in [1.165, 1.54) is 0 Å². The van der Waals surface area contributed by atoms with Gasteiger partial charge in [0.1, 0.15) is 5.75 Å². The summed E-state index contributed by atoms with van der Waals surface area (Å²) in [6.07, 6.45) is 2.60. The highest BCUT2D eigenvalue weighted by Gasteiger charge is 2.25. The highest BCUT2D eigenvalue weighted by atomic mass is 35.5. The van der Waals surface area contributed by atoms with E-state index in [2.05, 4.69) is 17.6 Å². The van der Waals surface area contributed by atoms with Gasteiger partial charge in [-0.05, 0) is 48.9 Å². The minimum atomic E-state index is -0.377. The number of nitrogens with one attached hydrogen (secondary N) is 2. The molecular formula is C16H17ClN2O3S2. The summed E-state index contributed by atoms with van der Waals surface area (Å²) in [5.74, 6) is 1.24. The first kappa shape index (κ1) is 17.7. The molecule has 128 valence electrons. The highest BCUT2D eigenvalue weighted by Crippen LogP contribution is 2.30. The van der Waals surface area contributed by atoms with Crippen molar-refractivity contribution in [2.45, 2.75) is 24.6 Å². The van der Waals surface area contributed by atoms with Crippen molar-refractivity contribution in [2.24, 2.45) is 0 Å². The third-order valence-electron chi connectivity index (χ3n) is 3.82. The molecule has 0 aromatic heterocycles. The summed E-state index contributed by atoms with van der Waals surface area (Å²) < 4.78 is 5.78. The first-order valence-electron chi connectivity index (χ1n) is 7.55. The van der Waals surface area contributed by atoms with E-state index in [1.54, 1.807) is 18.2 Å². The molecule has 2 unspecified atom stereocenters. The zero-order valence-electron chi connectivity index (χ0n) is 13.0. The molecular weight excluding hydrogens is 368 g/mol. The molecule has 2 saturated heterocycles. The molecule has 2 amide bonds. The van der Waals surface area contributed by atoms with E-state index in [-0.39, 0.29) is 11.1 Å². The van der Waals surface area contributed by atoms with Crippen LogP contribution in [0.25, 0.3) is 6.08 Å². The standard InChI is InChI=1S/C16H17ClN2O3S2/c1-9-13(23-8-18-9)4-5-22-12-3-2-10(6-11(12)17)7-14-15(20)19-16(21)24-14/h2-3,6-7,9,13,18H,4-5,8H2,1H3,(H,19,20,21)/b14-7-. The van der Waals surface area contributed by atoms with Gasteiger partial charge in [0.25, 0.3) is 11.1 Å². The minimum Gasteiger partial charge on any atom is -0.492 e. The number of hydrogen-bond donors (Lipinski definition) is 2. The molecule has 2 atom stereocenters. The number of halogens is 1. The van der Waals surface area contributed by atoms with E-state index >= 15 is 0 Å². The zero-order chi connectivity index (χ0) is 17.1. The Labute approximate surface area is 153 Å². The Hall–Kier alpha value is -1.15. The normalized spacial score (nSPS) is 25.3. The molecule has 8 heteroatoms. The van der Waals surface area contributed by atoms with Gasteiger partial charge in [0, 0.05) is 17.2 Å². The Bertz CT molecular complexity index is 696. The third-order valence-corrected chi connectivity index (χ3v) is 6.33. The van der Waals surface area contributed by atoms with Crippen LogP contribution in [0.2, 0.25) is 5.02 Å². The maximum atomic E-state index is 11.5. The number of rotatable bonds is 5. The zero-order valence-corrected chi connectivity index (χ0v) is 15.4. The fraction of sp³-hybridized carbons (Fsp3) is 0.375. The van der Waals surface area contributed by atoms with E-state index in [4.69, 9.17) is 16.3 Å². The second-order valence-electron chi connectivity index (χ2n) is 5.52. The van der Waals surface area contributed by atoms with Crippen LogP contribution in [-0.2, 0) is 4.79 Å². The lowest BCUT2D eigenvalue weighted by molar-refractivity contribution is -0.115. The largest absolute Gasteiger partial charge is 0.492 e. The van der Waals surface area contributed by atoms with Crippen LogP contribution < -0.4 is 15.4 Å². The Kier molecular flexibility index (Phi) is 5.76. The summed E-state index contributed by atoms with van der Waals surface area (Å²) in [5, 5.41) is 6.31. The van der Waals surface area contributed by atoms with Gasteiger partial charge in [-0.15, -0.1) is 11.8 Å². The summed E-state index contributed by atoms with van der Waals surface area (Å²) >= 11 is 9.05. The molecule has 0 bridgehead atoms. The number of thioether (sulfide) groups is 2. The number of amides is 2. The summed E-state index contributed by atoms with van der Waals surface area (Å²) in [5.41, 5.74) is 0.754. The average Bonchev–Trinajstić information content (AvgIpc) is 3.07. The highest BCUT2D eigenvalue weighted by molar-refractivity contribution is 8.18. The molecule has 2 N–H and O–H groups in total. The van der Waals surface area contributed by atoms with Crippen LogP contribution in [0.15, 0.2) is 23.1 Å². The van der Waals surface area contributed by atoms with Gasteiger partial charge in [-0.25, -0.2) is 0 Å². The van der Waals surface area contributed by atoms with Crippen LogP contribution in [0.4, 0.5) is 4.79 Å². The maximum Gasteiger partial charge on any atom is 0.290 e. The fourth-order valence-corrected chi connectivity index (χ4v) is 4.62. The van der Waals surface area contributed by atoms with Crippen LogP contribution in [0.1, 0.15) is 18.9 Å². The summed E-state index contributed by atoms with van der Waals surface area (Å²) in [6, 6.07) is 5.84. The van der Waals surface area contributed by atoms with Gasteiger partial charge in [-0.3, -0.25) is 14.9 Å². The van der Waals surface area contributed by atoms with Gasteiger partial charge < -0.3 is 10.1 Å². The Balaban J connectivity index is 1.59. The van der Waals surface area contributed by atoms with E-state index in [0.29, 0.717) is 33.6 Å². The number of hydrogen-bond acceptors (Lipinski definition) is 6. The van der Waals surface area contributed by atoms with Crippen molar-refractivity contribution in [1.82, 2.24) is 10.6 Å². The molecule has 2 aliphatic rings. The molecule has 0 radical (unpaired) electrons. The average molecular weight is 385 g/mol. The summed E-state index contributed by atoms with van der Waals surface area (Å²) in [6.45, 7) is 2.79. The summed E-state index contributed by atoms with van der Waals surface area (Å²) in [7, 11) is 0. The van der Waals surface area contributed by atoms with E-state index in [0.717, 1.165) is 29.6 Å². The monoisotopic (exact) mass is 384 g/mol. The molecule has 24 heavy (non-hydrogen) atoms. The minimum absolute atomic E-state index is 0.356. The van der Waals surface area contributed by atoms with E-state index < -0.39 is 0 Å². The van der Waals surface area contributed by atoms with Crippen molar-refractivity contribution in [1.29, 1.82) is 0 Å². The van der Waals surface area contributed by atoms with Crippen LogP contribution in [-0.4, -0.2) is 34.9 Å². The van der Waals surface area contributed by atoms with Gasteiger partial charge in [0.05, 0.1) is 16.5 Å². The van der Waals surface area contributed by atoms with Crippen molar-refractivity contribution in [2.75, 3.05) is 12.5 Å². The lowest BCUT2D eigenvalue weighted by Gasteiger charge is -2.15. The Morgan fingerprint density at radius 3 is 2.88 bits per heavy atom. The molecule has 3 rings (SSSR count). The molecule has 0 spiro atoms. The molecule has 0 saturated carbocycles. The maximum absolute atomic E-state index is 11.5. The van der Waals surface area contributed by atoms with Gasteiger partial charge in [0.2, 0.25) is 0 Å². The van der Waals surface area contributed by atoms with Gasteiger partial charge in [0.15, 0.2) is 0 Å². The second-order valence-corrected chi connectivity index (χ2v) is 8.17. The Morgan fingerprint density at radius 1 is 1.42 bits per heavy atom. The van der Waals surface area contributed by atoms with Gasteiger partial charge >= 0.3 is 0 Å². The predicted molar refractivity (Wildman–Crippen MR) is 99.5 cm³/mol. The summed E-state index contributed by atoms with van der Waals surface area (Å²) in [4.78, 5) is 23.1. The molecule has 1 aromatic rings. The van der Waals surface area contributed by atoms with Crippen LogP contribution >= 0.6 is 35.1 Å². The molecule has 2 fully saturated rings. The van der Waals surface area contributed by atoms with Gasteiger partial charge in [-0.1, -0.05) is 17.7 Å². The number of carbonyl (C=O) groups excluding carboxylic acids is 2. The second kappa shape index (κ2) is 7.82. The number of imide groups is 1. The predicted octanol–water partition coefficient (Wildman–Crippen LogP) is 3.48. The molecule has 2 aliphatic heterocycles. The van der Waals surface area contributed by atoms with Crippen molar-refractivity contribution < 1.29 is 14.3 Å². The molecule has 1 aromatic carbocycles. The van der Waals surface area contributed by atoms with Crippen LogP contribution in [0.5, 0.6) is 5.75 Å².